The highest BCUT2D eigenvalue weighted by Gasteiger charge is 2.05. The molecule has 0 saturated carbocycles. The fraction of sp³-hybridized carbons (Fsp3) is 0.158. The Morgan fingerprint density at radius 1 is 1.00 bits per heavy atom. The molecule has 0 bridgehead atoms. The molecule has 116 valence electrons. The smallest absolute Gasteiger partial charge is 0.222 e. The van der Waals surface area contributed by atoms with Gasteiger partial charge in [-0.1, -0.05) is 54.1 Å². The van der Waals surface area contributed by atoms with Gasteiger partial charge in [-0.3, -0.25) is 0 Å². The van der Waals surface area contributed by atoms with Crippen LogP contribution in [0.1, 0.15) is 11.3 Å². The maximum absolute atomic E-state index is 5.93. The third-order valence-electron chi connectivity index (χ3n) is 3.67. The van der Waals surface area contributed by atoms with Crippen LogP contribution in [0.4, 0.5) is 5.95 Å². The number of hydrogen-bond acceptors (Lipinski definition) is 3. The summed E-state index contributed by atoms with van der Waals surface area (Å²) in [5, 5.41) is 4.01. The zero-order chi connectivity index (χ0) is 16.1. The molecule has 3 rings (SSSR count). The van der Waals surface area contributed by atoms with Crippen LogP contribution in [0.15, 0.2) is 60.8 Å². The molecular weight excluding hydrogens is 306 g/mol. The summed E-state index contributed by atoms with van der Waals surface area (Å²) in [5.41, 5.74) is 4.34. The number of nitrogens with one attached hydrogen (secondary N) is 1. The molecule has 0 unspecified atom stereocenters. The van der Waals surface area contributed by atoms with Crippen LogP contribution >= 0.6 is 11.6 Å². The van der Waals surface area contributed by atoms with Crippen molar-refractivity contribution in [1.29, 1.82) is 0 Å². The van der Waals surface area contributed by atoms with Crippen molar-refractivity contribution in [3.05, 3.63) is 77.1 Å². The van der Waals surface area contributed by atoms with Gasteiger partial charge < -0.3 is 5.32 Å². The van der Waals surface area contributed by atoms with Crippen molar-refractivity contribution in [1.82, 2.24) is 9.97 Å². The van der Waals surface area contributed by atoms with E-state index in [1.807, 2.05) is 43.5 Å². The largest absolute Gasteiger partial charge is 0.354 e. The Balaban J connectivity index is 1.66. The number of anilines is 1. The van der Waals surface area contributed by atoms with Crippen molar-refractivity contribution in [3.63, 3.8) is 0 Å². The molecule has 0 aliphatic carbocycles. The van der Waals surface area contributed by atoms with E-state index < -0.39 is 0 Å². The van der Waals surface area contributed by atoms with Gasteiger partial charge in [-0.05, 0) is 36.6 Å². The Kier molecular flexibility index (Phi) is 4.89. The molecule has 4 heteroatoms. The molecular formula is C19H18ClN3. The number of hydrogen-bond donors (Lipinski definition) is 1. The summed E-state index contributed by atoms with van der Waals surface area (Å²) in [7, 11) is 0. The quantitative estimate of drug-likeness (QED) is 0.735. The monoisotopic (exact) mass is 323 g/mol. The Hall–Kier alpha value is -2.39. The lowest BCUT2D eigenvalue weighted by Gasteiger charge is -2.09. The van der Waals surface area contributed by atoms with E-state index in [0.29, 0.717) is 5.95 Å². The van der Waals surface area contributed by atoms with Crippen molar-refractivity contribution >= 4 is 17.5 Å². The lowest BCUT2D eigenvalue weighted by atomic mass is 10.1. The predicted octanol–water partition coefficient (Wildman–Crippen LogP) is 4.76. The second-order valence-electron chi connectivity index (χ2n) is 5.36. The van der Waals surface area contributed by atoms with Gasteiger partial charge in [0.2, 0.25) is 5.95 Å². The van der Waals surface area contributed by atoms with E-state index in [9.17, 15) is 0 Å². The third-order valence-corrected chi connectivity index (χ3v) is 3.93. The summed E-state index contributed by atoms with van der Waals surface area (Å²) in [6.07, 6.45) is 2.80. The first-order chi connectivity index (χ1) is 11.2. The molecule has 1 N–H and O–H groups in total. The molecule has 3 nitrogen and oxygen atoms in total. The standard InChI is InChI=1S/C19H18ClN3/c1-14-18(16-7-9-17(20)10-8-16)13-22-19(23-14)21-12-11-15-5-3-2-4-6-15/h2-10,13H,11-12H2,1H3,(H,21,22,23). The number of rotatable bonds is 5. The van der Waals surface area contributed by atoms with Gasteiger partial charge in [-0.25, -0.2) is 9.97 Å². The van der Waals surface area contributed by atoms with E-state index in [1.165, 1.54) is 5.56 Å². The molecule has 3 aromatic rings. The van der Waals surface area contributed by atoms with Crippen LogP contribution in [0.3, 0.4) is 0 Å². The second-order valence-corrected chi connectivity index (χ2v) is 5.80. The molecule has 1 aromatic heterocycles. The molecule has 0 aliphatic heterocycles. The van der Waals surface area contributed by atoms with Crippen molar-refractivity contribution in [2.24, 2.45) is 0 Å². The van der Waals surface area contributed by atoms with Crippen molar-refractivity contribution < 1.29 is 0 Å². The number of halogens is 1. The minimum atomic E-state index is 0.663. The van der Waals surface area contributed by atoms with Gasteiger partial charge in [0.25, 0.3) is 0 Å². The molecule has 0 amide bonds. The molecule has 0 saturated heterocycles. The SMILES string of the molecule is Cc1nc(NCCc2ccccc2)ncc1-c1ccc(Cl)cc1. The lowest BCUT2D eigenvalue weighted by Crippen LogP contribution is -2.08. The second kappa shape index (κ2) is 7.25. The van der Waals surface area contributed by atoms with Gasteiger partial charge in [-0.2, -0.15) is 0 Å². The van der Waals surface area contributed by atoms with E-state index in [4.69, 9.17) is 11.6 Å². The van der Waals surface area contributed by atoms with Gasteiger partial charge in [0, 0.05) is 23.3 Å². The van der Waals surface area contributed by atoms with Crippen molar-refractivity contribution in [3.8, 4) is 11.1 Å². The number of aryl methyl sites for hydroxylation is 1. The fourth-order valence-electron chi connectivity index (χ4n) is 2.43. The van der Waals surface area contributed by atoms with E-state index in [1.54, 1.807) is 0 Å². The number of aromatic nitrogens is 2. The molecule has 0 atom stereocenters. The summed E-state index contributed by atoms with van der Waals surface area (Å²) in [6.45, 7) is 2.80. The Morgan fingerprint density at radius 2 is 1.74 bits per heavy atom. The average molecular weight is 324 g/mol. The van der Waals surface area contributed by atoms with Crippen LogP contribution in [0.5, 0.6) is 0 Å². The molecule has 23 heavy (non-hydrogen) atoms. The molecule has 0 radical (unpaired) electrons. The highest BCUT2D eigenvalue weighted by atomic mass is 35.5. The summed E-state index contributed by atoms with van der Waals surface area (Å²) in [6, 6.07) is 18.1. The van der Waals surface area contributed by atoms with E-state index >= 15 is 0 Å². The molecule has 0 aliphatic rings. The van der Waals surface area contributed by atoms with Crippen LogP contribution in [-0.2, 0) is 6.42 Å². The normalized spacial score (nSPS) is 10.5. The Bertz CT molecular complexity index is 770. The van der Waals surface area contributed by atoms with Crippen LogP contribution in [0.25, 0.3) is 11.1 Å². The minimum absolute atomic E-state index is 0.663. The molecule has 0 spiro atoms. The van der Waals surface area contributed by atoms with Gasteiger partial charge in [0.1, 0.15) is 0 Å². The van der Waals surface area contributed by atoms with Crippen LogP contribution < -0.4 is 5.32 Å². The van der Waals surface area contributed by atoms with Crippen molar-refractivity contribution in [2.75, 3.05) is 11.9 Å². The Labute approximate surface area is 141 Å². The van der Waals surface area contributed by atoms with Gasteiger partial charge in [-0.15, -0.1) is 0 Å². The van der Waals surface area contributed by atoms with E-state index in [-0.39, 0.29) is 0 Å². The van der Waals surface area contributed by atoms with Crippen LogP contribution in [0, 0.1) is 6.92 Å². The Morgan fingerprint density at radius 3 is 2.43 bits per heavy atom. The zero-order valence-electron chi connectivity index (χ0n) is 13.0. The molecule has 2 aromatic carbocycles. The van der Waals surface area contributed by atoms with Crippen molar-refractivity contribution in [2.45, 2.75) is 13.3 Å². The van der Waals surface area contributed by atoms with Gasteiger partial charge in [0.05, 0.1) is 5.69 Å². The minimum Gasteiger partial charge on any atom is -0.354 e. The summed E-state index contributed by atoms with van der Waals surface area (Å²) < 4.78 is 0. The van der Waals surface area contributed by atoms with E-state index in [2.05, 4.69) is 39.6 Å². The first-order valence-electron chi connectivity index (χ1n) is 7.60. The summed E-state index contributed by atoms with van der Waals surface area (Å²) >= 11 is 5.93. The van der Waals surface area contributed by atoms with Crippen LogP contribution in [-0.4, -0.2) is 16.5 Å². The maximum Gasteiger partial charge on any atom is 0.222 e. The predicted molar refractivity (Wildman–Crippen MR) is 95.9 cm³/mol. The van der Waals surface area contributed by atoms with Crippen LogP contribution in [0.2, 0.25) is 5.02 Å². The highest BCUT2D eigenvalue weighted by molar-refractivity contribution is 6.30. The summed E-state index contributed by atoms with van der Waals surface area (Å²) in [5.74, 6) is 0.663. The van der Waals surface area contributed by atoms with Gasteiger partial charge in [0.15, 0.2) is 0 Å². The summed E-state index contributed by atoms with van der Waals surface area (Å²) in [4.78, 5) is 8.96. The first-order valence-corrected chi connectivity index (χ1v) is 7.97. The number of benzene rings is 2. The molecule has 0 fully saturated rings. The third kappa shape index (κ3) is 4.08. The average Bonchev–Trinajstić information content (AvgIpc) is 2.57. The lowest BCUT2D eigenvalue weighted by molar-refractivity contribution is 0.975. The number of nitrogens with zero attached hydrogens (tertiary/aromatic N) is 2. The fourth-order valence-corrected chi connectivity index (χ4v) is 2.55. The first kappa shape index (κ1) is 15.5. The zero-order valence-corrected chi connectivity index (χ0v) is 13.7. The highest BCUT2D eigenvalue weighted by Crippen LogP contribution is 2.23. The maximum atomic E-state index is 5.93. The topological polar surface area (TPSA) is 37.8 Å². The van der Waals surface area contributed by atoms with Gasteiger partial charge >= 0.3 is 0 Å². The molecule has 1 heterocycles. The van der Waals surface area contributed by atoms with E-state index in [0.717, 1.165) is 34.8 Å².